The van der Waals surface area contributed by atoms with Gasteiger partial charge in [0.05, 0.1) is 7.11 Å². The molecule has 1 heterocycles. The molecule has 4 rings (SSSR count). The van der Waals surface area contributed by atoms with E-state index in [2.05, 4.69) is 5.32 Å². The van der Waals surface area contributed by atoms with Gasteiger partial charge in [-0.3, -0.25) is 14.5 Å². The Morgan fingerprint density at radius 2 is 1.70 bits per heavy atom. The van der Waals surface area contributed by atoms with Crippen LogP contribution in [-0.2, 0) is 5.54 Å². The van der Waals surface area contributed by atoms with Crippen LogP contribution in [0.3, 0.4) is 0 Å². The number of Topliss-reactive ketones (excluding diaryl/α,β-unsaturated/α-hetero) is 2. The summed E-state index contributed by atoms with van der Waals surface area (Å²) in [5.74, 6) is 0.307. The van der Waals surface area contributed by atoms with Crippen molar-refractivity contribution in [1.29, 1.82) is 0 Å². The number of ether oxygens (including phenoxy) is 1. The summed E-state index contributed by atoms with van der Waals surface area (Å²) in [5.41, 5.74) is 1.45. The molecule has 6 heteroatoms. The SMILES string of the molecule is COc1ccc2c(c1)C(=O)C(c1cccc(C)c1)(N1CCNCC1)C2=O.Cl. The van der Waals surface area contributed by atoms with Crippen molar-refractivity contribution in [2.45, 2.75) is 12.5 Å². The van der Waals surface area contributed by atoms with E-state index in [1.807, 2.05) is 36.1 Å². The third-order valence-electron chi connectivity index (χ3n) is 5.40. The van der Waals surface area contributed by atoms with Crippen molar-refractivity contribution < 1.29 is 14.3 Å². The zero-order valence-corrected chi connectivity index (χ0v) is 16.3. The van der Waals surface area contributed by atoms with Crippen LogP contribution in [0.2, 0.25) is 0 Å². The number of nitrogens with zero attached hydrogens (tertiary/aromatic N) is 1. The zero-order chi connectivity index (χ0) is 18.3. The van der Waals surface area contributed by atoms with Gasteiger partial charge in [-0.2, -0.15) is 0 Å². The van der Waals surface area contributed by atoms with Crippen LogP contribution in [-0.4, -0.2) is 49.8 Å². The highest BCUT2D eigenvalue weighted by atomic mass is 35.5. The maximum atomic E-state index is 13.7. The van der Waals surface area contributed by atoms with Gasteiger partial charge in [0.25, 0.3) is 0 Å². The molecule has 1 aliphatic heterocycles. The van der Waals surface area contributed by atoms with Crippen LogP contribution < -0.4 is 10.1 Å². The van der Waals surface area contributed by atoms with Gasteiger partial charge in [0.15, 0.2) is 17.1 Å². The third kappa shape index (κ3) is 2.87. The van der Waals surface area contributed by atoms with E-state index in [9.17, 15) is 9.59 Å². The molecule has 5 nitrogen and oxygen atoms in total. The fourth-order valence-electron chi connectivity index (χ4n) is 4.13. The second kappa shape index (κ2) is 7.43. The molecule has 1 N–H and O–H groups in total. The molecule has 2 aromatic rings. The quantitative estimate of drug-likeness (QED) is 0.822. The minimum atomic E-state index is -1.27. The zero-order valence-electron chi connectivity index (χ0n) is 15.5. The number of piperazine rings is 1. The Bertz CT molecular complexity index is 893. The monoisotopic (exact) mass is 386 g/mol. The Morgan fingerprint density at radius 1 is 1.00 bits per heavy atom. The van der Waals surface area contributed by atoms with Crippen LogP contribution in [0.5, 0.6) is 5.75 Å². The number of ketones is 2. The first-order valence-electron chi connectivity index (χ1n) is 8.89. The molecular weight excluding hydrogens is 364 g/mol. The highest BCUT2D eigenvalue weighted by molar-refractivity contribution is 6.33. The Hall–Kier alpha value is -2.21. The molecule has 2 aromatic carbocycles. The molecule has 2 aliphatic rings. The lowest BCUT2D eigenvalue weighted by atomic mass is 9.82. The maximum Gasteiger partial charge on any atom is 0.196 e. The van der Waals surface area contributed by atoms with Crippen molar-refractivity contribution in [3.05, 3.63) is 64.7 Å². The molecule has 0 radical (unpaired) electrons. The number of halogens is 1. The predicted molar refractivity (Wildman–Crippen MR) is 106 cm³/mol. The average molecular weight is 387 g/mol. The van der Waals surface area contributed by atoms with Crippen LogP contribution in [0.4, 0.5) is 0 Å². The van der Waals surface area contributed by atoms with Crippen molar-refractivity contribution >= 4 is 24.0 Å². The predicted octanol–water partition coefficient (Wildman–Crippen LogP) is 2.61. The van der Waals surface area contributed by atoms with Crippen molar-refractivity contribution in [2.75, 3.05) is 33.3 Å². The normalized spacial score (nSPS) is 22.3. The van der Waals surface area contributed by atoms with Crippen LogP contribution in [0.1, 0.15) is 31.8 Å². The first-order valence-corrected chi connectivity index (χ1v) is 8.89. The van der Waals surface area contributed by atoms with Crippen LogP contribution >= 0.6 is 12.4 Å². The van der Waals surface area contributed by atoms with Crippen molar-refractivity contribution in [2.24, 2.45) is 0 Å². The second-order valence-electron chi connectivity index (χ2n) is 6.89. The maximum absolute atomic E-state index is 13.7. The van der Waals surface area contributed by atoms with E-state index < -0.39 is 5.54 Å². The molecule has 142 valence electrons. The van der Waals surface area contributed by atoms with Crippen molar-refractivity contribution in [3.63, 3.8) is 0 Å². The molecule has 0 amide bonds. The number of rotatable bonds is 3. The van der Waals surface area contributed by atoms with Crippen LogP contribution in [0.25, 0.3) is 0 Å². The summed E-state index contributed by atoms with van der Waals surface area (Å²) in [6, 6.07) is 12.9. The molecule has 0 saturated carbocycles. The van der Waals surface area contributed by atoms with Gasteiger partial charge in [-0.1, -0.05) is 29.8 Å². The van der Waals surface area contributed by atoms with Gasteiger partial charge in [0, 0.05) is 37.3 Å². The van der Waals surface area contributed by atoms with Crippen LogP contribution in [0.15, 0.2) is 42.5 Å². The summed E-state index contributed by atoms with van der Waals surface area (Å²) in [5, 5.41) is 3.30. The molecule has 27 heavy (non-hydrogen) atoms. The van der Waals surface area contributed by atoms with E-state index in [-0.39, 0.29) is 24.0 Å². The average Bonchev–Trinajstić information content (AvgIpc) is 2.90. The van der Waals surface area contributed by atoms with Gasteiger partial charge < -0.3 is 10.1 Å². The Kier molecular flexibility index (Phi) is 5.38. The minimum absolute atomic E-state index is 0. The lowest BCUT2D eigenvalue weighted by Crippen LogP contribution is -2.59. The number of benzene rings is 2. The van der Waals surface area contributed by atoms with E-state index in [0.717, 1.165) is 24.2 Å². The van der Waals surface area contributed by atoms with E-state index in [0.29, 0.717) is 30.0 Å². The van der Waals surface area contributed by atoms with Gasteiger partial charge in [-0.25, -0.2) is 0 Å². The summed E-state index contributed by atoms with van der Waals surface area (Å²) < 4.78 is 5.27. The number of methoxy groups -OCH3 is 1. The molecular formula is C21H23ClN2O3. The number of carbonyl (C=O) groups is 2. The van der Waals surface area contributed by atoms with E-state index in [1.54, 1.807) is 25.3 Å². The number of carbonyl (C=O) groups excluding carboxylic acids is 2. The lowest BCUT2D eigenvalue weighted by Gasteiger charge is -2.41. The van der Waals surface area contributed by atoms with Gasteiger partial charge in [-0.05, 0) is 30.7 Å². The summed E-state index contributed by atoms with van der Waals surface area (Å²) >= 11 is 0. The Labute approximate surface area is 165 Å². The molecule has 0 aromatic heterocycles. The highest BCUT2D eigenvalue weighted by Gasteiger charge is 2.58. The first kappa shape index (κ1) is 19.5. The number of hydrogen-bond donors (Lipinski definition) is 1. The molecule has 1 fully saturated rings. The number of hydrogen-bond acceptors (Lipinski definition) is 5. The summed E-state index contributed by atoms with van der Waals surface area (Å²) in [6.07, 6.45) is 0. The lowest BCUT2D eigenvalue weighted by molar-refractivity contribution is 0.0443. The molecule has 1 unspecified atom stereocenters. The van der Waals surface area contributed by atoms with Gasteiger partial charge >= 0.3 is 0 Å². The fourth-order valence-corrected chi connectivity index (χ4v) is 4.13. The number of aryl methyl sites for hydroxylation is 1. The van der Waals surface area contributed by atoms with E-state index >= 15 is 0 Å². The fraction of sp³-hybridized carbons (Fsp3) is 0.333. The summed E-state index contributed by atoms with van der Waals surface area (Å²) in [7, 11) is 1.56. The largest absolute Gasteiger partial charge is 0.497 e. The standard InChI is InChI=1S/C21H22N2O3.ClH/c1-14-4-3-5-15(12-14)21(23-10-8-22-9-11-23)19(24)17-7-6-16(26-2)13-18(17)20(21)25;/h3-7,12-13,22H,8-11H2,1-2H3;1H. The highest BCUT2D eigenvalue weighted by Crippen LogP contribution is 2.43. The summed E-state index contributed by atoms with van der Waals surface area (Å²) in [4.78, 5) is 29.3. The van der Waals surface area contributed by atoms with E-state index in [1.165, 1.54) is 0 Å². The molecule has 0 spiro atoms. The number of fused-ring (bicyclic) bond motifs is 1. The van der Waals surface area contributed by atoms with Gasteiger partial charge in [0.2, 0.25) is 0 Å². The Balaban J connectivity index is 0.00000210. The minimum Gasteiger partial charge on any atom is -0.497 e. The topological polar surface area (TPSA) is 58.6 Å². The molecule has 1 saturated heterocycles. The first-order chi connectivity index (χ1) is 12.6. The molecule has 1 aliphatic carbocycles. The smallest absolute Gasteiger partial charge is 0.196 e. The Morgan fingerprint density at radius 3 is 2.37 bits per heavy atom. The molecule has 0 bridgehead atoms. The number of nitrogens with one attached hydrogen (secondary N) is 1. The van der Waals surface area contributed by atoms with Crippen LogP contribution in [0, 0.1) is 6.92 Å². The van der Waals surface area contributed by atoms with Gasteiger partial charge in [0.1, 0.15) is 5.75 Å². The van der Waals surface area contributed by atoms with E-state index in [4.69, 9.17) is 4.74 Å². The molecule has 1 atom stereocenters. The van der Waals surface area contributed by atoms with Gasteiger partial charge in [-0.15, -0.1) is 12.4 Å². The second-order valence-corrected chi connectivity index (χ2v) is 6.89. The summed E-state index contributed by atoms with van der Waals surface area (Å²) in [6.45, 7) is 4.80. The van der Waals surface area contributed by atoms with Crippen molar-refractivity contribution in [1.82, 2.24) is 10.2 Å². The third-order valence-corrected chi connectivity index (χ3v) is 5.40. The van der Waals surface area contributed by atoms with Crippen molar-refractivity contribution in [3.8, 4) is 5.75 Å².